The number of nitrogens with zero attached hydrogens (tertiary/aromatic N) is 6. The summed E-state index contributed by atoms with van der Waals surface area (Å²) in [6.45, 7) is 4.28. The van der Waals surface area contributed by atoms with Gasteiger partial charge in [0, 0.05) is 51.0 Å². The first-order valence-corrected chi connectivity index (χ1v) is 9.12. The van der Waals surface area contributed by atoms with E-state index in [-0.39, 0.29) is 5.92 Å². The summed E-state index contributed by atoms with van der Waals surface area (Å²) < 4.78 is 9.55. The van der Waals surface area contributed by atoms with Crippen molar-refractivity contribution in [2.24, 2.45) is 0 Å². The minimum Gasteiger partial charge on any atom is -0.381 e. The van der Waals surface area contributed by atoms with E-state index >= 15 is 0 Å². The number of hydrogen-bond donors (Lipinski definition) is 1. The number of ether oxygens (including phenoxy) is 1. The molecule has 26 heavy (non-hydrogen) atoms. The summed E-state index contributed by atoms with van der Waals surface area (Å²) in [7, 11) is 0. The zero-order valence-corrected chi connectivity index (χ0v) is 14.5. The first kappa shape index (κ1) is 15.7. The Kier molecular flexibility index (Phi) is 3.99. The first-order chi connectivity index (χ1) is 12.9. The van der Waals surface area contributed by atoms with E-state index in [4.69, 9.17) is 19.8 Å². The second-order valence-electron chi connectivity index (χ2n) is 6.69. The summed E-state index contributed by atoms with van der Waals surface area (Å²) >= 11 is 0. The summed E-state index contributed by atoms with van der Waals surface area (Å²) in [6, 6.07) is 5.80. The van der Waals surface area contributed by atoms with Crippen molar-refractivity contribution in [1.82, 2.24) is 34.6 Å². The Morgan fingerprint density at radius 2 is 2.19 bits per heavy atom. The number of hydrogen-bond acceptors (Lipinski definition) is 6. The maximum absolute atomic E-state index is 5.52. The SMILES string of the molecule is c1ccc(-n2nc(C3CCOC3)nc2-c2cn3c(n2)CCNCC3)nc1. The lowest BCUT2D eigenvalue weighted by Gasteiger charge is -2.02. The Morgan fingerprint density at radius 3 is 3.04 bits per heavy atom. The fourth-order valence-corrected chi connectivity index (χ4v) is 3.52. The number of rotatable bonds is 3. The number of nitrogens with one attached hydrogen (secondary N) is 1. The number of aromatic nitrogens is 6. The number of imidazole rings is 1. The molecule has 3 aromatic rings. The summed E-state index contributed by atoms with van der Waals surface area (Å²) in [5, 5.41) is 8.17. The molecule has 8 nitrogen and oxygen atoms in total. The second-order valence-corrected chi connectivity index (χ2v) is 6.69. The van der Waals surface area contributed by atoms with Crippen molar-refractivity contribution < 1.29 is 4.74 Å². The predicted octanol–water partition coefficient (Wildman–Crippen LogP) is 1.18. The molecule has 134 valence electrons. The van der Waals surface area contributed by atoms with Crippen LogP contribution in [0.2, 0.25) is 0 Å². The molecule has 0 aliphatic carbocycles. The molecule has 0 radical (unpaired) electrons. The van der Waals surface area contributed by atoms with E-state index < -0.39 is 0 Å². The van der Waals surface area contributed by atoms with Crippen LogP contribution in [0.25, 0.3) is 17.3 Å². The van der Waals surface area contributed by atoms with Gasteiger partial charge < -0.3 is 14.6 Å². The van der Waals surface area contributed by atoms with Crippen LogP contribution in [0.3, 0.4) is 0 Å². The Morgan fingerprint density at radius 1 is 1.19 bits per heavy atom. The molecule has 1 fully saturated rings. The van der Waals surface area contributed by atoms with Crippen LogP contribution in [0.1, 0.15) is 24.0 Å². The lowest BCUT2D eigenvalue weighted by atomic mass is 10.1. The quantitative estimate of drug-likeness (QED) is 0.763. The van der Waals surface area contributed by atoms with Crippen molar-refractivity contribution in [2.45, 2.75) is 25.3 Å². The van der Waals surface area contributed by atoms with Gasteiger partial charge in [-0.1, -0.05) is 6.07 Å². The van der Waals surface area contributed by atoms with E-state index in [2.05, 4.69) is 21.1 Å². The minimum atomic E-state index is 0.239. The fourth-order valence-electron chi connectivity index (χ4n) is 3.52. The largest absolute Gasteiger partial charge is 0.381 e. The smallest absolute Gasteiger partial charge is 0.185 e. The standard InChI is InChI=1S/C18H21N7O/c1-2-6-20-15(3-1)25-18(22-17(23-25)13-5-10-26-12-13)14-11-24-9-8-19-7-4-16(24)21-14/h1-3,6,11,13,19H,4-5,7-10,12H2. The fraction of sp³-hybridized carbons (Fsp3) is 0.444. The summed E-state index contributed by atoms with van der Waals surface area (Å²) in [5.41, 5.74) is 0.852. The average molecular weight is 351 g/mol. The normalized spacial score (nSPS) is 20.1. The Balaban J connectivity index is 1.60. The summed E-state index contributed by atoms with van der Waals surface area (Å²) in [5.74, 6) is 3.65. The van der Waals surface area contributed by atoms with Crippen molar-refractivity contribution in [3.05, 3.63) is 42.2 Å². The van der Waals surface area contributed by atoms with Gasteiger partial charge in [0.2, 0.25) is 0 Å². The third kappa shape index (κ3) is 2.81. The van der Waals surface area contributed by atoms with Crippen LogP contribution < -0.4 is 5.32 Å². The van der Waals surface area contributed by atoms with Gasteiger partial charge in [0.15, 0.2) is 17.5 Å². The lowest BCUT2D eigenvalue weighted by molar-refractivity contribution is 0.193. The molecule has 1 N–H and O–H groups in total. The highest BCUT2D eigenvalue weighted by Crippen LogP contribution is 2.27. The molecular formula is C18H21N7O. The molecule has 0 bridgehead atoms. The van der Waals surface area contributed by atoms with E-state index in [9.17, 15) is 0 Å². The van der Waals surface area contributed by atoms with Crippen LogP contribution in [0, 0.1) is 0 Å². The van der Waals surface area contributed by atoms with Crippen LogP contribution in [-0.4, -0.2) is 55.6 Å². The molecule has 1 atom stereocenters. The van der Waals surface area contributed by atoms with E-state index in [0.717, 1.165) is 68.1 Å². The van der Waals surface area contributed by atoms with Crippen molar-refractivity contribution in [1.29, 1.82) is 0 Å². The van der Waals surface area contributed by atoms with Gasteiger partial charge in [-0.05, 0) is 18.6 Å². The molecule has 1 saturated heterocycles. The topological polar surface area (TPSA) is 82.7 Å². The van der Waals surface area contributed by atoms with Crippen molar-refractivity contribution in [3.8, 4) is 17.3 Å². The van der Waals surface area contributed by atoms with Crippen molar-refractivity contribution in [2.75, 3.05) is 26.3 Å². The summed E-state index contributed by atoms with van der Waals surface area (Å²) in [4.78, 5) is 14.2. The Labute approximate surface area is 151 Å². The monoisotopic (exact) mass is 351 g/mol. The zero-order chi connectivity index (χ0) is 17.3. The van der Waals surface area contributed by atoms with Crippen LogP contribution in [0.5, 0.6) is 0 Å². The van der Waals surface area contributed by atoms with Gasteiger partial charge in [-0.25, -0.2) is 15.0 Å². The van der Waals surface area contributed by atoms with Crippen molar-refractivity contribution >= 4 is 0 Å². The van der Waals surface area contributed by atoms with E-state index in [1.165, 1.54) is 0 Å². The molecule has 0 spiro atoms. The maximum Gasteiger partial charge on any atom is 0.185 e. The van der Waals surface area contributed by atoms with E-state index in [1.54, 1.807) is 6.20 Å². The van der Waals surface area contributed by atoms with Crippen molar-refractivity contribution in [3.63, 3.8) is 0 Å². The third-order valence-corrected chi connectivity index (χ3v) is 4.93. The van der Waals surface area contributed by atoms with E-state index in [1.807, 2.05) is 22.9 Å². The molecule has 3 aromatic heterocycles. The minimum absolute atomic E-state index is 0.239. The average Bonchev–Trinajstić information content (AvgIpc) is 3.39. The number of pyridine rings is 1. The van der Waals surface area contributed by atoms with Gasteiger partial charge >= 0.3 is 0 Å². The molecule has 0 amide bonds. The van der Waals surface area contributed by atoms with Crippen LogP contribution in [0.15, 0.2) is 30.6 Å². The molecule has 1 unspecified atom stereocenters. The molecule has 0 aromatic carbocycles. The first-order valence-electron chi connectivity index (χ1n) is 9.12. The van der Waals surface area contributed by atoms with Gasteiger partial charge in [-0.15, -0.1) is 5.10 Å². The summed E-state index contributed by atoms with van der Waals surface area (Å²) in [6.07, 6.45) is 5.73. The number of fused-ring (bicyclic) bond motifs is 1. The lowest BCUT2D eigenvalue weighted by Crippen LogP contribution is -2.17. The molecule has 5 heterocycles. The Bertz CT molecular complexity index is 872. The third-order valence-electron chi connectivity index (χ3n) is 4.93. The molecular weight excluding hydrogens is 330 g/mol. The van der Waals surface area contributed by atoms with Gasteiger partial charge in [0.1, 0.15) is 11.5 Å². The van der Waals surface area contributed by atoms with E-state index in [0.29, 0.717) is 6.61 Å². The molecule has 0 saturated carbocycles. The van der Waals surface area contributed by atoms with Gasteiger partial charge in [-0.2, -0.15) is 4.68 Å². The van der Waals surface area contributed by atoms with Crippen LogP contribution in [0.4, 0.5) is 0 Å². The van der Waals surface area contributed by atoms with Gasteiger partial charge in [-0.3, -0.25) is 0 Å². The molecule has 8 heteroatoms. The highest BCUT2D eigenvalue weighted by Gasteiger charge is 2.26. The van der Waals surface area contributed by atoms with Crippen LogP contribution in [-0.2, 0) is 17.7 Å². The maximum atomic E-state index is 5.52. The highest BCUT2D eigenvalue weighted by molar-refractivity contribution is 5.52. The van der Waals surface area contributed by atoms with Gasteiger partial charge in [0.25, 0.3) is 0 Å². The van der Waals surface area contributed by atoms with Crippen LogP contribution >= 0.6 is 0 Å². The molecule has 5 rings (SSSR count). The Hall–Kier alpha value is -2.58. The zero-order valence-electron chi connectivity index (χ0n) is 14.5. The highest BCUT2D eigenvalue weighted by atomic mass is 16.5. The van der Waals surface area contributed by atoms with Gasteiger partial charge in [0.05, 0.1) is 6.61 Å². The second kappa shape index (κ2) is 6.62. The molecule has 2 aliphatic heterocycles. The molecule has 2 aliphatic rings. The predicted molar refractivity (Wildman–Crippen MR) is 95.1 cm³/mol.